The summed E-state index contributed by atoms with van der Waals surface area (Å²) in [6.07, 6.45) is 4.58. The minimum atomic E-state index is -0.332. The average Bonchev–Trinajstić information content (AvgIpc) is 3.12. The quantitative estimate of drug-likeness (QED) is 0.775. The SMILES string of the molecule is Cc1ccccc1C(=O)OC1=CCC2C3Cc4ccc(CO)c5c4C2(CCN3C)C1O5. The summed E-state index contributed by atoms with van der Waals surface area (Å²) < 4.78 is 12.6. The van der Waals surface area contributed by atoms with Crippen molar-refractivity contribution in [2.75, 3.05) is 13.6 Å². The van der Waals surface area contributed by atoms with Gasteiger partial charge in [0.1, 0.15) is 11.5 Å². The van der Waals surface area contributed by atoms with Crippen LogP contribution in [-0.2, 0) is 23.2 Å². The third-order valence-corrected chi connectivity index (χ3v) is 8.07. The van der Waals surface area contributed by atoms with Crippen molar-refractivity contribution in [2.24, 2.45) is 5.92 Å². The van der Waals surface area contributed by atoms with Gasteiger partial charge < -0.3 is 19.5 Å². The molecule has 1 fully saturated rings. The predicted molar refractivity (Wildman–Crippen MR) is 116 cm³/mol. The smallest absolute Gasteiger partial charge is 0.343 e. The highest BCUT2D eigenvalue weighted by atomic mass is 16.6. The van der Waals surface area contributed by atoms with Crippen LogP contribution in [0.4, 0.5) is 0 Å². The number of rotatable bonds is 3. The highest BCUT2D eigenvalue weighted by Gasteiger charge is 2.64. The lowest BCUT2D eigenvalue weighted by Crippen LogP contribution is -2.63. The lowest BCUT2D eigenvalue weighted by atomic mass is 9.53. The van der Waals surface area contributed by atoms with Crippen molar-refractivity contribution in [3.05, 3.63) is 76.1 Å². The maximum absolute atomic E-state index is 13.0. The zero-order valence-electron chi connectivity index (χ0n) is 17.9. The molecule has 5 heteroatoms. The molecule has 1 spiro atoms. The predicted octanol–water partition coefficient (Wildman–Crippen LogP) is 3.51. The van der Waals surface area contributed by atoms with Gasteiger partial charge in [-0.1, -0.05) is 30.3 Å². The van der Waals surface area contributed by atoms with Gasteiger partial charge in [-0.05, 0) is 69.0 Å². The summed E-state index contributed by atoms with van der Waals surface area (Å²) in [5, 5.41) is 9.98. The van der Waals surface area contributed by atoms with Crippen molar-refractivity contribution in [2.45, 2.75) is 50.4 Å². The molecule has 1 N–H and O–H groups in total. The third kappa shape index (κ3) is 2.47. The van der Waals surface area contributed by atoms with E-state index in [4.69, 9.17) is 9.47 Å². The Labute approximate surface area is 182 Å². The monoisotopic (exact) mass is 417 g/mol. The van der Waals surface area contributed by atoms with Crippen molar-refractivity contribution in [1.82, 2.24) is 4.90 Å². The van der Waals surface area contributed by atoms with E-state index >= 15 is 0 Å². The van der Waals surface area contributed by atoms with Crippen LogP contribution in [0, 0.1) is 12.8 Å². The number of ether oxygens (including phenoxy) is 2. The highest BCUT2D eigenvalue weighted by molar-refractivity contribution is 5.91. The number of esters is 1. The highest BCUT2D eigenvalue weighted by Crippen LogP contribution is 2.62. The van der Waals surface area contributed by atoms with E-state index in [9.17, 15) is 9.90 Å². The van der Waals surface area contributed by atoms with Gasteiger partial charge >= 0.3 is 5.97 Å². The lowest BCUT2D eigenvalue weighted by molar-refractivity contribution is -0.0272. The Morgan fingerprint density at radius 1 is 1.29 bits per heavy atom. The summed E-state index contributed by atoms with van der Waals surface area (Å²) in [6, 6.07) is 12.1. The van der Waals surface area contributed by atoms with Gasteiger partial charge in [0, 0.05) is 22.6 Å². The van der Waals surface area contributed by atoms with Crippen molar-refractivity contribution in [3.63, 3.8) is 0 Å². The molecule has 4 unspecified atom stereocenters. The maximum atomic E-state index is 13.0. The van der Waals surface area contributed by atoms with E-state index < -0.39 is 0 Å². The second-order valence-corrected chi connectivity index (χ2v) is 9.44. The number of likely N-dealkylation sites (N-methyl/N-ethyl adjacent to an activating group) is 1. The number of benzene rings is 2. The first-order valence-corrected chi connectivity index (χ1v) is 11.2. The molecule has 1 saturated heterocycles. The molecule has 2 aliphatic carbocycles. The summed E-state index contributed by atoms with van der Waals surface area (Å²) in [6.45, 7) is 2.86. The number of nitrogens with zero attached hydrogens (tertiary/aromatic N) is 1. The molecule has 2 bridgehead atoms. The molecule has 5 nitrogen and oxygen atoms in total. The first-order valence-electron chi connectivity index (χ1n) is 11.2. The minimum absolute atomic E-state index is 0.0541. The fraction of sp³-hybridized carbons (Fsp3) is 0.423. The first kappa shape index (κ1) is 19.1. The van der Waals surface area contributed by atoms with Crippen LogP contribution in [-0.4, -0.2) is 41.7 Å². The number of carbonyl (C=O) groups is 1. The van der Waals surface area contributed by atoms with Gasteiger partial charge in [-0.3, -0.25) is 0 Å². The molecular formula is C26H27NO4. The molecule has 31 heavy (non-hydrogen) atoms. The summed E-state index contributed by atoms with van der Waals surface area (Å²) in [5.41, 5.74) is 4.69. The summed E-state index contributed by atoms with van der Waals surface area (Å²) in [7, 11) is 2.22. The molecule has 2 aliphatic heterocycles. The maximum Gasteiger partial charge on any atom is 0.343 e. The molecule has 0 saturated carbocycles. The Balaban J connectivity index is 1.45. The standard InChI is InChI=1S/C26H27NO4/c1-15-5-3-4-6-18(15)25(29)30-21-10-9-19-20-13-16-7-8-17(14-28)23-22(16)26(19,24(21)31-23)11-12-27(20)2/h3-8,10,19-20,24,28H,9,11-14H2,1-2H3. The minimum Gasteiger partial charge on any atom is -0.481 e. The van der Waals surface area contributed by atoms with Crippen LogP contribution in [0.3, 0.4) is 0 Å². The molecule has 6 rings (SSSR count). The van der Waals surface area contributed by atoms with Crippen LogP contribution >= 0.6 is 0 Å². The van der Waals surface area contributed by atoms with Gasteiger partial charge in [0.2, 0.25) is 0 Å². The second-order valence-electron chi connectivity index (χ2n) is 9.44. The van der Waals surface area contributed by atoms with E-state index in [-0.39, 0.29) is 24.1 Å². The van der Waals surface area contributed by atoms with E-state index in [2.05, 4.69) is 24.1 Å². The Morgan fingerprint density at radius 3 is 2.94 bits per heavy atom. The summed E-state index contributed by atoms with van der Waals surface area (Å²) in [4.78, 5) is 15.5. The summed E-state index contributed by atoms with van der Waals surface area (Å²) in [5.74, 6) is 1.53. The van der Waals surface area contributed by atoms with Crippen LogP contribution < -0.4 is 4.74 Å². The molecule has 4 aliphatic rings. The van der Waals surface area contributed by atoms with E-state index in [1.165, 1.54) is 11.1 Å². The zero-order chi connectivity index (χ0) is 21.3. The molecule has 0 radical (unpaired) electrons. The summed E-state index contributed by atoms with van der Waals surface area (Å²) >= 11 is 0. The van der Waals surface area contributed by atoms with E-state index in [0.29, 0.717) is 23.3 Å². The fourth-order valence-electron chi connectivity index (χ4n) is 6.57. The van der Waals surface area contributed by atoms with Crippen molar-refractivity contribution < 1.29 is 19.4 Å². The van der Waals surface area contributed by atoms with E-state index in [0.717, 1.165) is 42.7 Å². The topological polar surface area (TPSA) is 59.0 Å². The number of allylic oxidation sites excluding steroid dienone is 1. The normalized spacial score (nSPS) is 30.3. The number of aliphatic hydroxyl groups is 1. The van der Waals surface area contributed by atoms with Crippen LogP contribution in [0.5, 0.6) is 5.75 Å². The molecule has 160 valence electrons. The van der Waals surface area contributed by atoms with Crippen LogP contribution in [0.15, 0.2) is 48.2 Å². The largest absolute Gasteiger partial charge is 0.481 e. The zero-order valence-corrected chi connectivity index (χ0v) is 17.9. The molecule has 2 aromatic carbocycles. The molecule has 4 atom stereocenters. The third-order valence-electron chi connectivity index (χ3n) is 8.07. The van der Waals surface area contributed by atoms with Crippen molar-refractivity contribution in [1.29, 1.82) is 0 Å². The van der Waals surface area contributed by atoms with E-state index in [1.54, 1.807) is 6.07 Å². The molecular weight excluding hydrogens is 390 g/mol. The van der Waals surface area contributed by atoms with Gasteiger partial charge in [0.05, 0.1) is 12.2 Å². The van der Waals surface area contributed by atoms with Gasteiger partial charge in [-0.15, -0.1) is 0 Å². The number of aliphatic hydroxyl groups excluding tert-OH is 1. The Kier molecular flexibility index (Phi) is 4.11. The van der Waals surface area contributed by atoms with Crippen molar-refractivity contribution in [3.8, 4) is 5.75 Å². The average molecular weight is 418 g/mol. The number of aryl methyl sites for hydroxylation is 1. The Morgan fingerprint density at radius 2 is 2.13 bits per heavy atom. The molecule has 0 amide bonds. The fourth-order valence-corrected chi connectivity index (χ4v) is 6.57. The number of hydrogen-bond acceptors (Lipinski definition) is 5. The number of likely N-dealkylation sites (tertiary alicyclic amines) is 1. The number of piperidine rings is 1. The van der Waals surface area contributed by atoms with Crippen molar-refractivity contribution >= 4 is 5.97 Å². The molecule has 0 aromatic heterocycles. The molecule has 2 heterocycles. The van der Waals surface area contributed by atoms with Crippen LogP contribution in [0.1, 0.15) is 45.5 Å². The number of carbonyl (C=O) groups excluding carboxylic acids is 1. The van der Waals surface area contributed by atoms with Crippen LogP contribution in [0.25, 0.3) is 0 Å². The Bertz CT molecular complexity index is 1120. The van der Waals surface area contributed by atoms with Gasteiger partial charge in [-0.25, -0.2) is 4.79 Å². The van der Waals surface area contributed by atoms with Crippen LogP contribution in [0.2, 0.25) is 0 Å². The van der Waals surface area contributed by atoms with Gasteiger partial charge in [0.25, 0.3) is 0 Å². The van der Waals surface area contributed by atoms with Gasteiger partial charge in [0.15, 0.2) is 6.10 Å². The lowest BCUT2D eigenvalue weighted by Gasteiger charge is -2.56. The van der Waals surface area contributed by atoms with Gasteiger partial charge in [-0.2, -0.15) is 0 Å². The number of hydrogen-bond donors (Lipinski definition) is 1. The Hall–Kier alpha value is -2.63. The second kappa shape index (κ2) is 6.68. The van der Waals surface area contributed by atoms with E-state index in [1.807, 2.05) is 31.2 Å². The first-order chi connectivity index (χ1) is 15.0. The molecule has 2 aromatic rings.